The van der Waals surface area contributed by atoms with Crippen molar-refractivity contribution in [2.75, 3.05) is 20.2 Å². The molecule has 1 aliphatic rings. The second-order valence-corrected chi connectivity index (χ2v) is 5.89. The molecule has 0 fully saturated rings. The summed E-state index contributed by atoms with van der Waals surface area (Å²) >= 11 is 12.1. The monoisotopic (exact) mass is 350 g/mol. The van der Waals surface area contributed by atoms with Crippen LogP contribution in [0.5, 0.6) is 11.5 Å². The van der Waals surface area contributed by atoms with Gasteiger partial charge in [0.2, 0.25) is 0 Å². The molecule has 4 nitrogen and oxygen atoms in total. The van der Waals surface area contributed by atoms with Crippen LogP contribution in [0.1, 0.15) is 11.1 Å². The summed E-state index contributed by atoms with van der Waals surface area (Å²) in [7, 11) is 1.62. The molecule has 0 spiro atoms. The van der Waals surface area contributed by atoms with Crippen LogP contribution < -0.4 is 14.8 Å². The zero-order chi connectivity index (χ0) is 16.2. The summed E-state index contributed by atoms with van der Waals surface area (Å²) in [6.07, 6.45) is 0. The Bertz CT molecular complexity index is 747. The van der Waals surface area contributed by atoms with E-state index in [1.807, 2.05) is 24.3 Å². The summed E-state index contributed by atoms with van der Waals surface area (Å²) in [4.78, 5) is 4.40. The molecule has 0 amide bonds. The van der Waals surface area contributed by atoms with Gasteiger partial charge in [-0.05, 0) is 30.3 Å². The van der Waals surface area contributed by atoms with Gasteiger partial charge in [0.05, 0.1) is 13.7 Å². The number of amidine groups is 1. The van der Waals surface area contributed by atoms with Crippen molar-refractivity contribution < 1.29 is 9.47 Å². The molecule has 1 N–H and O–H groups in total. The van der Waals surface area contributed by atoms with E-state index < -0.39 is 0 Å². The average molecular weight is 351 g/mol. The number of hydrogen-bond donors (Lipinski definition) is 1. The molecule has 23 heavy (non-hydrogen) atoms. The number of hydrogen-bond acceptors (Lipinski definition) is 4. The minimum Gasteiger partial charge on any atom is -0.493 e. The Balaban J connectivity index is 1.77. The van der Waals surface area contributed by atoms with Gasteiger partial charge in [-0.2, -0.15) is 0 Å². The van der Waals surface area contributed by atoms with Crippen LogP contribution in [0.3, 0.4) is 0 Å². The highest BCUT2D eigenvalue weighted by atomic mass is 35.5. The number of methoxy groups -OCH3 is 1. The van der Waals surface area contributed by atoms with Crippen LogP contribution in [0, 0.1) is 0 Å². The van der Waals surface area contributed by atoms with Crippen molar-refractivity contribution in [2.45, 2.75) is 6.61 Å². The average Bonchev–Trinajstić information content (AvgIpc) is 3.08. The van der Waals surface area contributed by atoms with Crippen LogP contribution in [0.25, 0.3) is 0 Å². The van der Waals surface area contributed by atoms with E-state index in [-0.39, 0.29) is 0 Å². The van der Waals surface area contributed by atoms with Crippen molar-refractivity contribution in [1.29, 1.82) is 0 Å². The number of ether oxygens (including phenoxy) is 2. The summed E-state index contributed by atoms with van der Waals surface area (Å²) in [5, 5.41) is 4.42. The molecule has 0 saturated heterocycles. The minimum atomic E-state index is 0.338. The lowest BCUT2D eigenvalue weighted by atomic mass is 10.2. The molecule has 2 aromatic rings. The van der Waals surface area contributed by atoms with Gasteiger partial charge in [-0.15, -0.1) is 0 Å². The molecular formula is C17H16Cl2N2O2. The maximum absolute atomic E-state index is 6.16. The molecule has 6 heteroatoms. The van der Waals surface area contributed by atoms with Crippen molar-refractivity contribution in [3.8, 4) is 11.5 Å². The van der Waals surface area contributed by atoms with E-state index >= 15 is 0 Å². The molecule has 2 aromatic carbocycles. The van der Waals surface area contributed by atoms with E-state index in [4.69, 9.17) is 32.7 Å². The van der Waals surface area contributed by atoms with Crippen molar-refractivity contribution in [1.82, 2.24) is 5.32 Å². The number of benzene rings is 2. The predicted molar refractivity (Wildman–Crippen MR) is 93.2 cm³/mol. The van der Waals surface area contributed by atoms with Crippen molar-refractivity contribution in [2.24, 2.45) is 4.99 Å². The third-order valence-corrected chi connectivity index (χ3v) is 4.10. The lowest BCUT2D eigenvalue weighted by molar-refractivity contribution is 0.284. The number of nitrogens with one attached hydrogen (secondary N) is 1. The predicted octanol–water partition coefficient (Wildman–Crippen LogP) is 3.93. The van der Waals surface area contributed by atoms with E-state index in [2.05, 4.69) is 10.3 Å². The van der Waals surface area contributed by atoms with E-state index in [1.165, 1.54) is 0 Å². The lowest BCUT2D eigenvalue weighted by Crippen LogP contribution is -2.19. The first-order valence-electron chi connectivity index (χ1n) is 7.21. The number of nitrogens with zero attached hydrogens (tertiary/aromatic N) is 1. The zero-order valence-electron chi connectivity index (χ0n) is 12.6. The Morgan fingerprint density at radius 2 is 2.00 bits per heavy atom. The standard InChI is InChI=1S/C17H16Cl2N2O2/c1-22-16-8-11(17-20-6-7-21-17)3-5-15(16)23-10-12-2-4-13(18)9-14(12)19/h2-5,8-9H,6-7,10H2,1H3,(H,20,21). The third kappa shape index (κ3) is 3.71. The van der Waals surface area contributed by atoms with Gasteiger partial charge < -0.3 is 14.8 Å². The maximum Gasteiger partial charge on any atom is 0.161 e. The summed E-state index contributed by atoms with van der Waals surface area (Å²) < 4.78 is 11.3. The molecule has 0 saturated carbocycles. The van der Waals surface area contributed by atoms with Crippen LogP contribution in [0.4, 0.5) is 0 Å². The van der Waals surface area contributed by atoms with Gasteiger partial charge in [-0.1, -0.05) is 29.3 Å². The van der Waals surface area contributed by atoms with Gasteiger partial charge in [0.25, 0.3) is 0 Å². The Morgan fingerprint density at radius 3 is 2.70 bits per heavy atom. The molecule has 1 aliphatic heterocycles. The fourth-order valence-corrected chi connectivity index (χ4v) is 2.78. The normalized spacial score (nSPS) is 13.4. The van der Waals surface area contributed by atoms with Crippen LogP contribution in [0.2, 0.25) is 10.0 Å². The van der Waals surface area contributed by atoms with Crippen LogP contribution in [-0.2, 0) is 6.61 Å². The second kappa shape index (κ2) is 7.11. The summed E-state index contributed by atoms with van der Waals surface area (Å²) in [5.74, 6) is 2.19. The van der Waals surface area contributed by atoms with Gasteiger partial charge in [0.1, 0.15) is 12.4 Å². The molecule has 3 rings (SSSR count). The second-order valence-electron chi connectivity index (χ2n) is 5.05. The Morgan fingerprint density at radius 1 is 1.13 bits per heavy atom. The lowest BCUT2D eigenvalue weighted by Gasteiger charge is -2.13. The zero-order valence-corrected chi connectivity index (χ0v) is 14.1. The van der Waals surface area contributed by atoms with Crippen LogP contribution >= 0.6 is 23.2 Å². The van der Waals surface area contributed by atoms with Crippen molar-refractivity contribution in [3.63, 3.8) is 0 Å². The minimum absolute atomic E-state index is 0.338. The highest BCUT2D eigenvalue weighted by molar-refractivity contribution is 6.35. The van der Waals surface area contributed by atoms with Gasteiger partial charge in [0.15, 0.2) is 11.5 Å². The fourth-order valence-electron chi connectivity index (χ4n) is 2.32. The molecule has 0 atom stereocenters. The Labute approximate surface area is 145 Å². The molecule has 0 radical (unpaired) electrons. The van der Waals surface area contributed by atoms with Gasteiger partial charge in [0, 0.05) is 27.7 Å². The summed E-state index contributed by atoms with van der Waals surface area (Å²) in [6.45, 7) is 2.00. The molecule has 0 aliphatic carbocycles. The van der Waals surface area contributed by atoms with Crippen LogP contribution in [-0.4, -0.2) is 26.0 Å². The molecular weight excluding hydrogens is 335 g/mol. The molecule has 0 unspecified atom stereocenters. The molecule has 120 valence electrons. The summed E-state index contributed by atoms with van der Waals surface area (Å²) in [6, 6.07) is 11.1. The van der Waals surface area contributed by atoms with E-state index in [0.29, 0.717) is 28.2 Å². The first-order valence-corrected chi connectivity index (χ1v) is 7.96. The van der Waals surface area contributed by atoms with Crippen LogP contribution in [0.15, 0.2) is 41.4 Å². The van der Waals surface area contributed by atoms with Gasteiger partial charge >= 0.3 is 0 Å². The number of halogens is 2. The first-order chi connectivity index (χ1) is 11.2. The third-order valence-electron chi connectivity index (χ3n) is 3.51. The molecule has 0 bridgehead atoms. The van der Waals surface area contributed by atoms with E-state index in [0.717, 1.165) is 30.1 Å². The number of aliphatic imine (C=N–C) groups is 1. The Kier molecular flexibility index (Phi) is 4.94. The van der Waals surface area contributed by atoms with Crippen molar-refractivity contribution in [3.05, 3.63) is 57.6 Å². The first kappa shape index (κ1) is 16.0. The van der Waals surface area contributed by atoms with Gasteiger partial charge in [-0.3, -0.25) is 4.99 Å². The van der Waals surface area contributed by atoms with E-state index in [9.17, 15) is 0 Å². The smallest absolute Gasteiger partial charge is 0.161 e. The SMILES string of the molecule is COc1cc(C2=NCCN2)ccc1OCc1ccc(Cl)cc1Cl. The highest BCUT2D eigenvalue weighted by Gasteiger charge is 2.12. The van der Waals surface area contributed by atoms with E-state index in [1.54, 1.807) is 19.2 Å². The van der Waals surface area contributed by atoms with Gasteiger partial charge in [-0.25, -0.2) is 0 Å². The number of rotatable bonds is 5. The fraction of sp³-hybridized carbons (Fsp3) is 0.235. The van der Waals surface area contributed by atoms with Crippen molar-refractivity contribution >= 4 is 29.0 Å². The Hall–Kier alpha value is -1.91. The summed E-state index contributed by atoms with van der Waals surface area (Å²) in [5.41, 5.74) is 1.85. The molecule has 1 heterocycles. The largest absolute Gasteiger partial charge is 0.493 e. The quantitative estimate of drug-likeness (QED) is 0.888. The topological polar surface area (TPSA) is 42.8 Å². The highest BCUT2D eigenvalue weighted by Crippen LogP contribution is 2.30. The molecule has 0 aromatic heterocycles. The maximum atomic E-state index is 6.16.